The molecule has 2 aromatic carbocycles. The van der Waals surface area contributed by atoms with Crippen molar-refractivity contribution in [3.8, 4) is 0 Å². The molecule has 2 amide bonds. The molecule has 0 heterocycles. The topological polar surface area (TPSA) is 58.2 Å². The van der Waals surface area contributed by atoms with E-state index in [0.29, 0.717) is 7.76 Å². The van der Waals surface area contributed by atoms with E-state index in [2.05, 4.69) is 10.6 Å². The standard InChI is InChI=1S/2C11H10Cl2F2NO.2C5H5.Ti/c2*1-11(5-12,6-13)10(17)16-9-3-2-7(14)4-8(9)15;2*1-2-4-5-3-1;/h2*2-3H,5-6H2,1H3,(H,16,17);2*1-3H,4H2;. The predicted octanol–water partition coefficient (Wildman–Crippen LogP) is 7.88. The Morgan fingerprint density at radius 1 is 0.689 bits per heavy atom. The third kappa shape index (κ3) is 6.44. The van der Waals surface area contributed by atoms with Crippen molar-refractivity contribution >= 4 is 77.3 Å². The van der Waals surface area contributed by atoms with E-state index in [1.54, 1.807) is 36.5 Å². The Labute approximate surface area is 282 Å². The fourth-order valence-corrected chi connectivity index (χ4v) is 14.6. The summed E-state index contributed by atoms with van der Waals surface area (Å²) in [6, 6.07) is 4.03. The zero-order valence-electron chi connectivity index (χ0n) is 24.4. The molecule has 0 spiro atoms. The zero-order valence-corrected chi connectivity index (χ0v) is 28.9. The molecule has 0 fully saturated rings. The molecule has 0 radical (unpaired) electrons. The second-order valence-corrected chi connectivity index (χ2v) is 18.5. The molecule has 45 heavy (non-hydrogen) atoms. The van der Waals surface area contributed by atoms with Crippen LogP contribution in [-0.4, -0.2) is 35.3 Å². The molecule has 0 bridgehead atoms. The van der Waals surface area contributed by atoms with Crippen molar-refractivity contribution in [1.82, 2.24) is 0 Å². The van der Waals surface area contributed by atoms with Gasteiger partial charge in [-0.05, 0) is 0 Å². The van der Waals surface area contributed by atoms with Gasteiger partial charge in [-0.3, -0.25) is 0 Å². The molecule has 0 atom stereocenters. The van der Waals surface area contributed by atoms with E-state index < -0.39 is 81.6 Å². The Hall–Kier alpha value is -2.07. The van der Waals surface area contributed by atoms with E-state index in [9.17, 15) is 9.59 Å². The van der Waals surface area contributed by atoms with Crippen LogP contribution in [0, 0.1) is 34.1 Å². The average molecular weight is 740 g/mol. The van der Waals surface area contributed by atoms with Crippen LogP contribution in [0.4, 0.5) is 28.9 Å². The molecule has 2 N–H and O–H groups in total. The number of carbonyl (C=O) groups is 2. The van der Waals surface area contributed by atoms with E-state index in [1.165, 1.54) is 13.8 Å². The number of hydrogen-bond donors (Lipinski definition) is 2. The average Bonchev–Trinajstić information content (AvgIpc) is 3.78. The van der Waals surface area contributed by atoms with Crippen LogP contribution in [0.2, 0.25) is 0 Å². The first-order chi connectivity index (χ1) is 21.3. The van der Waals surface area contributed by atoms with Gasteiger partial charge in [-0.15, -0.1) is 0 Å². The van der Waals surface area contributed by atoms with E-state index in [4.69, 9.17) is 46.4 Å². The zero-order chi connectivity index (χ0) is 33.2. The van der Waals surface area contributed by atoms with Gasteiger partial charge >= 0.3 is 284 Å². The summed E-state index contributed by atoms with van der Waals surface area (Å²) in [6.45, 7) is 2.97. The van der Waals surface area contributed by atoms with Crippen molar-refractivity contribution in [1.29, 1.82) is 0 Å². The number of hydrogen-bond acceptors (Lipinski definition) is 2. The second-order valence-electron chi connectivity index (χ2n) is 11.5. The van der Waals surface area contributed by atoms with Gasteiger partial charge < -0.3 is 0 Å². The van der Waals surface area contributed by atoms with Crippen LogP contribution in [0.25, 0.3) is 0 Å². The predicted molar refractivity (Wildman–Crippen MR) is 172 cm³/mol. The molecule has 13 heteroatoms. The Balaban J connectivity index is 2.05. The van der Waals surface area contributed by atoms with Crippen molar-refractivity contribution in [2.75, 3.05) is 34.2 Å². The summed E-state index contributed by atoms with van der Waals surface area (Å²) in [5, 5.41) is 4.92. The van der Waals surface area contributed by atoms with Crippen LogP contribution in [-0.2, 0) is 26.2 Å². The molecular weight excluding hydrogens is 710 g/mol. The molecular formula is C32H30Cl4F4N2O2Ti. The van der Waals surface area contributed by atoms with Crippen molar-refractivity contribution in [3.05, 3.63) is 91.7 Å². The molecule has 0 unspecified atom stereocenters. The number of carbonyl (C=O) groups excluding carboxylic acids is 2. The number of amides is 2. The van der Waals surface area contributed by atoms with Crippen LogP contribution >= 0.6 is 46.4 Å². The third-order valence-electron chi connectivity index (χ3n) is 8.21. The monoisotopic (exact) mass is 738 g/mol. The van der Waals surface area contributed by atoms with Gasteiger partial charge in [-0.1, -0.05) is 0 Å². The summed E-state index contributed by atoms with van der Waals surface area (Å²) in [6.07, 6.45) is 10.4. The van der Waals surface area contributed by atoms with E-state index >= 15 is 17.6 Å². The van der Waals surface area contributed by atoms with Crippen molar-refractivity contribution < 1.29 is 43.7 Å². The van der Waals surface area contributed by atoms with Gasteiger partial charge in [-0.2, -0.15) is 0 Å². The van der Waals surface area contributed by atoms with E-state index in [-0.39, 0.29) is 36.4 Å². The van der Waals surface area contributed by atoms with Crippen LogP contribution < -0.4 is 18.4 Å². The summed E-state index contributed by atoms with van der Waals surface area (Å²) >= 11 is 18.7. The number of nitrogens with one attached hydrogen (secondary N) is 2. The molecule has 2 aromatic rings. The Kier molecular flexibility index (Phi) is 11.4. The maximum absolute atomic E-state index is 16.9. The van der Waals surface area contributed by atoms with Crippen molar-refractivity contribution in [2.45, 2.75) is 26.7 Å². The molecule has 4 nitrogen and oxygen atoms in total. The first-order valence-corrected chi connectivity index (χ1v) is 19.2. The van der Waals surface area contributed by atoms with Gasteiger partial charge in [0, 0.05) is 0 Å². The maximum atomic E-state index is 16.9. The van der Waals surface area contributed by atoms with E-state index in [0.717, 1.165) is 24.3 Å². The van der Waals surface area contributed by atoms with Crippen LogP contribution in [0.3, 0.4) is 0 Å². The van der Waals surface area contributed by atoms with Gasteiger partial charge in [0.2, 0.25) is 0 Å². The molecule has 0 saturated carbocycles. The fourth-order valence-electron chi connectivity index (χ4n) is 5.27. The van der Waals surface area contributed by atoms with Gasteiger partial charge in [0.1, 0.15) is 0 Å². The summed E-state index contributed by atoms with van der Waals surface area (Å²) in [5.41, 5.74) is -3.36. The Morgan fingerprint density at radius 3 is 1.33 bits per heavy atom. The summed E-state index contributed by atoms with van der Waals surface area (Å²) in [5.74, 6) is -6.56. The number of allylic oxidation sites excluding steroid dienone is 8. The fraction of sp³-hybridized carbons (Fsp3) is 0.312. The number of halogens is 8. The van der Waals surface area contributed by atoms with Gasteiger partial charge in [0.25, 0.3) is 0 Å². The first kappa shape index (κ1) is 35.8. The number of alkyl halides is 4. The quantitative estimate of drug-likeness (QED) is 0.132. The third-order valence-corrected chi connectivity index (χ3v) is 18.5. The first-order valence-electron chi connectivity index (χ1n) is 13.9. The normalized spacial score (nSPS) is 14.9. The van der Waals surface area contributed by atoms with E-state index in [1.807, 2.05) is 0 Å². The molecule has 0 aliphatic heterocycles. The second kappa shape index (κ2) is 14.4. The Morgan fingerprint density at radius 2 is 1.04 bits per heavy atom. The minimum absolute atomic E-state index is 0.176. The molecule has 2 aliphatic rings. The van der Waals surface area contributed by atoms with Gasteiger partial charge in [0.05, 0.1) is 0 Å². The van der Waals surface area contributed by atoms with Gasteiger partial charge in [0.15, 0.2) is 0 Å². The van der Waals surface area contributed by atoms with Crippen LogP contribution in [0.5, 0.6) is 0 Å². The summed E-state index contributed by atoms with van der Waals surface area (Å²) in [4.78, 5) is 26.2. The SMILES string of the molecule is CC(CCl)(CCl)C(=O)Nc1ccc(F)[c]([Ti]([C]2=CC=CC2)([C]2=CC=CC2)[c]2c(F)ccc(NC(=O)C(C)(CCl)CCl)c2F)c1F. The molecule has 240 valence electrons. The summed E-state index contributed by atoms with van der Waals surface area (Å²) in [7, 11) is 0. The molecule has 2 aliphatic carbocycles. The number of anilines is 2. The minimum atomic E-state index is -5.25. The molecule has 0 aromatic heterocycles. The van der Waals surface area contributed by atoms with Gasteiger partial charge in [-0.25, -0.2) is 0 Å². The van der Waals surface area contributed by atoms with Crippen molar-refractivity contribution in [3.63, 3.8) is 0 Å². The van der Waals surface area contributed by atoms with Crippen molar-refractivity contribution in [2.24, 2.45) is 10.8 Å². The number of rotatable bonds is 12. The number of benzene rings is 2. The Bertz CT molecular complexity index is 1520. The van der Waals surface area contributed by atoms with Crippen LogP contribution in [0.15, 0.2) is 68.5 Å². The summed E-state index contributed by atoms with van der Waals surface area (Å²) < 4.78 is 66.1. The van der Waals surface area contributed by atoms with Crippen LogP contribution in [0.1, 0.15) is 26.7 Å². The molecule has 4 rings (SSSR count). The molecule has 0 saturated heterocycles.